The first kappa shape index (κ1) is 13.9. The van der Waals surface area contributed by atoms with Crippen molar-refractivity contribution in [1.82, 2.24) is 16.0 Å². The van der Waals surface area contributed by atoms with Crippen molar-refractivity contribution < 1.29 is 5.11 Å². The van der Waals surface area contributed by atoms with Gasteiger partial charge in [-0.2, -0.15) is 0 Å². The number of aliphatic hydroxyl groups is 1. The molecule has 1 aliphatic heterocycles. The Hall–Kier alpha value is -0.160. The molecule has 4 heteroatoms. The minimum atomic E-state index is 0.320. The van der Waals surface area contributed by atoms with E-state index in [1.807, 2.05) is 0 Å². The van der Waals surface area contributed by atoms with Gasteiger partial charge < -0.3 is 21.1 Å². The highest BCUT2D eigenvalue weighted by molar-refractivity contribution is 4.67. The summed E-state index contributed by atoms with van der Waals surface area (Å²) in [5.74, 6) is 0.666. The third-order valence-electron chi connectivity index (χ3n) is 3.05. The van der Waals surface area contributed by atoms with Gasteiger partial charge in [-0.15, -0.1) is 0 Å². The zero-order chi connectivity index (χ0) is 11.5. The number of rotatable bonds is 3. The number of hydrogen-bond donors (Lipinski definition) is 4. The van der Waals surface area contributed by atoms with Gasteiger partial charge in [0.2, 0.25) is 0 Å². The summed E-state index contributed by atoms with van der Waals surface area (Å²) >= 11 is 0. The molecule has 96 valence electrons. The molecule has 0 aromatic heterocycles. The minimum Gasteiger partial charge on any atom is -0.396 e. The summed E-state index contributed by atoms with van der Waals surface area (Å²) in [7, 11) is 0. The van der Waals surface area contributed by atoms with Crippen LogP contribution in [0, 0.1) is 5.92 Å². The van der Waals surface area contributed by atoms with E-state index < -0.39 is 0 Å². The Bertz CT molecular complexity index is 143. The highest BCUT2D eigenvalue weighted by Crippen LogP contribution is 2.04. The lowest BCUT2D eigenvalue weighted by atomic mass is 10.0. The fraction of sp³-hybridized carbons (Fsp3) is 1.00. The van der Waals surface area contributed by atoms with Crippen LogP contribution in [0.25, 0.3) is 0 Å². The first-order valence-electron chi connectivity index (χ1n) is 6.66. The van der Waals surface area contributed by atoms with Crippen LogP contribution in [-0.2, 0) is 0 Å². The maximum Gasteiger partial charge on any atom is 0.0431 e. The molecule has 0 aromatic carbocycles. The molecule has 0 amide bonds. The van der Waals surface area contributed by atoms with Crippen LogP contribution in [0.5, 0.6) is 0 Å². The quantitative estimate of drug-likeness (QED) is 0.548. The summed E-state index contributed by atoms with van der Waals surface area (Å²) in [4.78, 5) is 0. The molecule has 0 saturated carbocycles. The van der Waals surface area contributed by atoms with Gasteiger partial charge in [0.05, 0.1) is 0 Å². The molecule has 0 radical (unpaired) electrons. The van der Waals surface area contributed by atoms with Gasteiger partial charge in [-0.25, -0.2) is 0 Å². The van der Waals surface area contributed by atoms with E-state index in [1.54, 1.807) is 0 Å². The second-order valence-corrected chi connectivity index (χ2v) is 4.60. The molecule has 4 nitrogen and oxygen atoms in total. The summed E-state index contributed by atoms with van der Waals surface area (Å²) < 4.78 is 0. The molecule has 1 heterocycles. The molecule has 1 aliphatic rings. The van der Waals surface area contributed by atoms with Crippen molar-refractivity contribution in [2.45, 2.75) is 25.7 Å². The van der Waals surface area contributed by atoms with E-state index in [4.69, 9.17) is 5.11 Å². The van der Waals surface area contributed by atoms with E-state index >= 15 is 0 Å². The molecule has 0 atom stereocenters. The van der Waals surface area contributed by atoms with E-state index in [1.165, 1.54) is 12.8 Å². The Morgan fingerprint density at radius 3 is 2.00 bits per heavy atom. The topological polar surface area (TPSA) is 56.3 Å². The van der Waals surface area contributed by atoms with Crippen LogP contribution < -0.4 is 16.0 Å². The van der Waals surface area contributed by atoms with Crippen molar-refractivity contribution in [2.24, 2.45) is 5.92 Å². The zero-order valence-electron chi connectivity index (χ0n) is 10.3. The van der Waals surface area contributed by atoms with Crippen LogP contribution >= 0.6 is 0 Å². The van der Waals surface area contributed by atoms with Crippen LogP contribution in [0.4, 0.5) is 0 Å². The Morgan fingerprint density at radius 2 is 1.44 bits per heavy atom. The predicted molar refractivity (Wildman–Crippen MR) is 67.7 cm³/mol. The molecule has 0 bridgehead atoms. The Morgan fingerprint density at radius 1 is 0.875 bits per heavy atom. The fourth-order valence-electron chi connectivity index (χ4n) is 2.07. The first-order valence-corrected chi connectivity index (χ1v) is 6.66. The van der Waals surface area contributed by atoms with Crippen LogP contribution in [-0.4, -0.2) is 51.0 Å². The van der Waals surface area contributed by atoms with Gasteiger partial charge in [0.25, 0.3) is 0 Å². The Labute approximate surface area is 99.2 Å². The average molecular weight is 229 g/mol. The lowest BCUT2D eigenvalue weighted by Crippen LogP contribution is -2.35. The molecular weight excluding hydrogens is 202 g/mol. The monoisotopic (exact) mass is 229 g/mol. The summed E-state index contributed by atoms with van der Waals surface area (Å²) in [5, 5.41) is 19.3. The number of aliphatic hydroxyl groups excluding tert-OH is 1. The smallest absolute Gasteiger partial charge is 0.0431 e. The highest BCUT2D eigenvalue weighted by Gasteiger charge is 2.07. The minimum absolute atomic E-state index is 0.320. The van der Waals surface area contributed by atoms with Crippen molar-refractivity contribution in [3.8, 4) is 0 Å². The molecule has 1 fully saturated rings. The third-order valence-corrected chi connectivity index (χ3v) is 3.05. The van der Waals surface area contributed by atoms with Crippen molar-refractivity contribution in [3.05, 3.63) is 0 Å². The molecule has 0 aliphatic carbocycles. The molecule has 4 N–H and O–H groups in total. The zero-order valence-corrected chi connectivity index (χ0v) is 10.3. The van der Waals surface area contributed by atoms with Crippen molar-refractivity contribution in [1.29, 1.82) is 0 Å². The maximum atomic E-state index is 8.86. The average Bonchev–Trinajstić information content (AvgIpc) is 2.28. The first-order chi connectivity index (χ1) is 7.93. The van der Waals surface area contributed by atoms with Gasteiger partial charge in [0.1, 0.15) is 0 Å². The molecule has 0 unspecified atom stereocenters. The fourth-order valence-corrected chi connectivity index (χ4v) is 2.07. The van der Waals surface area contributed by atoms with E-state index in [0.29, 0.717) is 12.5 Å². The molecular formula is C12H27N3O. The SMILES string of the molecule is OCCCC1CNCCCNCCCNC1. The van der Waals surface area contributed by atoms with Crippen LogP contribution in [0.1, 0.15) is 25.7 Å². The normalized spacial score (nSPS) is 22.3. The van der Waals surface area contributed by atoms with Crippen molar-refractivity contribution >= 4 is 0 Å². The van der Waals surface area contributed by atoms with Gasteiger partial charge in [0.15, 0.2) is 0 Å². The standard InChI is InChI=1S/C12H27N3O/c16-9-1-4-12-10-14-7-2-5-13-6-3-8-15-11-12/h12-16H,1-11H2. The largest absolute Gasteiger partial charge is 0.396 e. The lowest BCUT2D eigenvalue weighted by molar-refractivity contribution is 0.267. The van der Waals surface area contributed by atoms with Gasteiger partial charge in [-0.05, 0) is 70.9 Å². The molecule has 16 heavy (non-hydrogen) atoms. The lowest BCUT2D eigenvalue weighted by Gasteiger charge is -2.19. The number of hydrogen-bond acceptors (Lipinski definition) is 4. The van der Waals surface area contributed by atoms with Crippen LogP contribution in [0.2, 0.25) is 0 Å². The second kappa shape index (κ2) is 10.0. The van der Waals surface area contributed by atoms with Crippen LogP contribution in [0.15, 0.2) is 0 Å². The highest BCUT2D eigenvalue weighted by atomic mass is 16.2. The van der Waals surface area contributed by atoms with E-state index in [-0.39, 0.29) is 0 Å². The van der Waals surface area contributed by atoms with Crippen LogP contribution in [0.3, 0.4) is 0 Å². The van der Waals surface area contributed by atoms with Gasteiger partial charge in [-0.3, -0.25) is 0 Å². The van der Waals surface area contributed by atoms with Crippen molar-refractivity contribution in [2.75, 3.05) is 45.9 Å². The van der Waals surface area contributed by atoms with Gasteiger partial charge in [-0.1, -0.05) is 0 Å². The molecule has 0 aromatic rings. The van der Waals surface area contributed by atoms with Gasteiger partial charge >= 0.3 is 0 Å². The summed E-state index contributed by atoms with van der Waals surface area (Å²) in [6, 6.07) is 0. The molecule has 1 rings (SSSR count). The Balaban J connectivity index is 2.19. The number of nitrogens with one attached hydrogen (secondary N) is 3. The van der Waals surface area contributed by atoms with E-state index in [9.17, 15) is 0 Å². The summed E-state index contributed by atoms with van der Waals surface area (Å²) in [6.07, 6.45) is 4.46. The second-order valence-electron chi connectivity index (χ2n) is 4.60. The summed E-state index contributed by atoms with van der Waals surface area (Å²) in [5.41, 5.74) is 0. The Kier molecular flexibility index (Phi) is 8.71. The van der Waals surface area contributed by atoms with Gasteiger partial charge in [0, 0.05) is 6.61 Å². The maximum absolute atomic E-state index is 8.86. The van der Waals surface area contributed by atoms with Crippen molar-refractivity contribution in [3.63, 3.8) is 0 Å². The molecule has 1 saturated heterocycles. The third kappa shape index (κ3) is 7.17. The summed E-state index contributed by atoms with van der Waals surface area (Å²) in [6.45, 7) is 6.91. The van der Waals surface area contributed by atoms with E-state index in [2.05, 4.69) is 16.0 Å². The van der Waals surface area contributed by atoms with E-state index in [0.717, 1.165) is 52.1 Å². The molecule has 0 spiro atoms. The predicted octanol–water partition coefficient (Wildman–Crippen LogP) is -0.0623.